The van der Waals surface area contributed by atoms with E-state index < -0.39 is 81.3 Å². The maximum absolute atomic E-state index is 13.6. The number of ether oxygens (including phenoxy) is 2. The van der Waals surface area contributed by atoms with Crippen molar-refractivity contribution in [1.82, 2.24) is 0 Å². The highest BCUT2D eigenvalue weighted by Crippen LogP contribution is 2.48. The first kappa shape index (κ1) is 28.6. The van der Waals surface area contributed by atoms with E-state index >= 15 is 0 Å². The lowest BCUT2D eigenvalue weighted by Crippen LogP contribution is -2.14. The number of anilines is 2. The standard InChI is InChI=1S/C22H12F12N2O2/c23-19(24,25)11-3-1-9(5-15(11)35)37-17-8-18(14(22(32,33)34)7-13(17)21(29,30)31)38-10-2-4-12(16(36)6-10)20(26,27)28/h1-8H,35-36H2. The Morgan fingerprint density at radius 1 is 0.421 bits per heavy atom. The topological polar surface area (TPSA) is 70.5 Å². The molecule has 0 aliphatic carbocycles. The second-order valence-electron chi connectivity index (χ2n) is 7.54. The number of alkyl halides is 12. The number of rotatable bonds is 4. The third kappa shape index (κ3) is 6.28. The number of nitrogen functional groups attached to an aromatic ring is 2. The summed E-state index contributed by atoms with van der Waals surface area (Å²) in [4.78, 5) is 0. The Morgan fingerprint density at radius 2 is 0.737 bits per heavy atom. The molecule has 0 aliphatic heterocycles. The second kappa shape index (κ2) is 9.40. The molecule has 0 bridgehead atoms. The largest absolute Gasteiger partial charge is 0.457 e. The van der Waals surface area contributed by atoms with Gasteiger partial charge in [-0.15, -0.1) is 0 Å². The molecule has 0 fully saturated rings. The monoisotopic (exact) mass is 564 g/mol. The molecule has 3 aromatic rings. The first-order valence-electron chi connectivity index (χ1n) is 9.79. The SMILES string of the molecule is Nc1cc(Oc2cc(Oc3ccc(C(F)(F)F)c(N)c3)c(C(F)(F)F)cc2C(F)(F)F)ccc1C(F)(F)F. The maximum atomic E-state index is 13.6. The smallest absolute Gasteiger partial charge is 0.420 e. The third-order valence-corrected chi connectivity index (χ3v) is 4.81. The lowest BCUT2D eigenvalue weighted by atomic mass is 10.1. The molecule has 4 N–H and O–H groups in total. The van der Waals surface area contributed by atoms with Gasteiger partial charge in [0.2, 0.25) is 0 Å². The van der Waals surface area contributed by atoms with Crippen LogP contribution in [0.1, 0.15) is 22.3 Å². The van der Waals surface area contributed by atoms with E-state index in [2.05, 4.69) is 0 Å². The first-order chi connectivity index (χ1) is 17.2. The van der Waals surface area contributed by atoms with Crippen molar-refractivity contribution in [3.63, 3.8) is 0 Å². The minimum Gasteiger partial charge on any atom is -0.457 e. The molecule has 16 heteroatoms. The Hall–Kier alpha value is -3.98. The molecule has 0 spiro atoms. The van der Waals surface area contributed by atoms with E-state index in [1.54, 1.807) is 0 Å². The fraction of sp³-hybridized carbons (Fsp3) is 0.182. The van der Waals surface area contributed by atoms with Crippen LogP contribution in [0.3, 0.4) is 0 Å². The molecule has 0 radical (unpaired) electrons. The summed E-state index contributed by atoms with van der Waals surface area (Å²) < 4.78 is 169. The van der Waals surface area contributed by atoms with E-state index in [1.807, 2.05) is 0 Å². The quantitative estimate of drug-likeness (QED) is 0.246. The van der Waals surface area contributed by atoms with Crippen LogP contribution >= 0.6 is 0 Å². The van der Waals surface area contributed by atoms with Crippen LogP contribution in [0, 0.1) is 0 Å². The molecule has 0 aromatic heterocycles. The van der Waals surface area contributed by atoms with Crippen molar-refractivity contribution >= 4 is 11.4 Å². The number of nitrogens with two attached hydrogens (primary N) is 2. The number of halogens is 12. The Bertz CT molecular complexity index is 1240. The van der Waals surface area contributed by atoms with Gasteiger partial charge in [-0.2, -0.15) is 52.7 Å². The summed E-state index contributed by atoms with van der Waals surface area (Å²) in [6, 6.07) is 2.66. The minimum atomic E-state index is -5.45. The lowest BCUT2D eigenvalue weighted by molar-refractivity contribution is -0.144. The van der Waals surface area contributed by atoms with Crippen molar-refractivity contribution in [2.75, 3.05) is 11.5 Å². The van der Waals surface area contributed by atoms with Crippen molar-refractivity contribution < 1.29 is 62.2 Å². The molecule has 0 saturated carbocycles. The van der Waals surface area contributed by atoms with E-state index in [0.29, 0.717) is 36.4 Å². The summed E-state index contributed by atoms with van der Waals surface area (Å²) in [6.45, 7) is 0. The van der Waals surface area contributed by atoms with Gasteiger partial charge >= 0.3 is 24.7 Å². The van der Waals surface area contributed by atoms with Gasteiger partial charge in [0.15, 0.2) is 0 Å². The molecule has 3 rings (SSSR count). The summed E-state index contributed by atoms with van der Waals surface area (Å²) in [5, 5.41) is 0. The zero-order chi connectivity index (χ0) is 28.8. The van der Waals surface area contributed by atoms with E-state index in [-0.39, 0.29) is 12.1 Å². The zero-order valence-corrected chi connectivity index (χ0v) is 18.1. The van der Waals surface area contributed by atoms with Crippen molar-refractivity contribution in [2.45, 2.75) is 24.7 Å². The lowest BCUT2D eigenvalue weighted by Gasteiger charge is -2.20. The molecule has 206 valence electrons. The highest BCUT2D eigenvalue weighted by Gasteiger charge is 2.42. The molecule has 0 atom stereocenters. The van der Waals surface area contributed by atoms with Gasteiger partial charge in [0.05, 0.1) is 22.3 Å². The molecular weight excluding hydrogens is 552 g/mol. The Balaban J connectivity index is 2.14. The fourth-order valence-corrected chi connectivity index (χ4v) is 3.15. The van der Waals surface area contributed by atoms with Crippen LogP contribution in [0.25, 0.3) is 0 Å². The van der Waals surface area contributed by atoms with Crippen molar-refractivity contribution in [1.29, 1.82) is 0 Å². The first-order valence-corrected chi connectivity index (χ1v) is 9.79. The van der Waals surface area contributed by atoms with E-state index in [0.717, 1.165) is 0 Å². The molecule has 0 heterocycles. The molecule has 0 unspecified atom stereocenters. The number of hydrogen-bond acceptors (Lipinski definition) is 4. The average molecular weight is 564 g/mol. The van der Waals surface area contributed by atoms with Gasteiger partial charge in [-0.3, -0.25) is 0 Å². The Labute approximate surface area is 204 Å². The van der Waals surface area contributed by atoms with Gasteiger partial charge in [0.25, 0.3) is 0 Å². The van der Waals surface area contributed by atoms with Crippen molar-refractivity contribution in [2.24, 2.45) is 0 Å². The van der Waals surface area contributed by atoms with Crippen LogP contribution < -0.4 is 20.9 Å². The van der Waals surface area contributed by atoms with Crippen LogP contribution in [-0.4, -0.2) is 0 Å². The van der Waals surface area contributed by atoms with Crippen LogP contribution in [0.15, 0.2) is 48.5 Å². The molecule has 0 aliphatic rings. The predicted octanol–water partition coefficient (Wildman–Crippen LogP) is 8.51. The summed E-state index contributed by atoms with van der Waals surface area (Å²) >= 11 is 0. The van der Waals surface area contributed by atoms with Crippen molar-refractivity contribution in [3.8, 4) is 23.0 Å². The minimum absolute atomic E-state index is 0.132. The second-order valence-corrected chi connectivity index (χ2v) is 7.54. The van der Waals surface area contributed by atoms with E-state index in [9.17, 15) is 52.7 Å². The molecule has 0 amide bonds. The average Bonchev–Trinajstić information content (AvgIpc) is 2.70. The maximum Gasteiger partial charge on any atom is 0.420 e. The highest BCUT2D eigenvalue weighted by molar-refractivity contribution is 5.57. The summed E-state index contributed by atoms with van der Waals surface area (Å²) in [5.74, 6) is -4.07. The van der Waals surface area contributed by atoms with Gasteiger partial charge < -0.3 is 20.9 Å². The fourth-order valence-electron chi connectivity index (χ4n) is 3.15. The van der Waals surface area contributed by atoms with Crippen LogP contribution in [0.2, 0.25) is 0 Å². The molecule has 4 nitrogen and oxygen atoms in total. The Morgan fingerprint density at radius 3 is 1.00 bits per heavy atom. The predicted molar refractivity (Wildman–Crippen MR) is 108 cm³/mol. The normalized spacial score (nSPS) is 12.9. The summed E-state index contributed by atoms with van der Waals surface area (Å²) in [6.07, 6.45) is -20.7. The molecule has 3 aromatic carbocycles. The zero-order valence-electron chi connectivity index (χ0n) is 18.1. The van der Waals surface area contributed by atoms with Gasteiger partial charge in [0, 0.05) is 29.6 Å². The number of hydrogen-bond donors (Lipinski definition) is 2. The highest BCUT2D eigenvalue weighted by atomic mass is 19.4. The van der Waals surface area contributed by atoms with Crippen molar-refractivity contribution in [3.05, 3.63) is 70.8 Å². The molecule has 0 saturated heterocycles. The van der Waals surface area contributed by atoms with E-state index in [1.165, 1.54) is 0 Å². The van der Waals surface area contributed by atoms with Gasteiger partial charge in [-0.1, -0.05) is 0 Å². The van der Waals surface area contributed by atoms with Crippen LogP contribution in [-0.2, 0) is 24.7 Å². The molecule has 38 heavy (non-hydrogen) atoms. The van der Waals surface area contributed by atoms with E-state index in [4.69, 9.17) is 20.9 Å². The van der Waals surface area contributed by atoms with Crippen LogP contribution in [0.5, 0.6) is 23.0 Å². The van der Waals surface area contributed by atoms with Crippen LogP contribution in [0.4, 0.5) is 64.1 Å². The van der Waals surface area contributed by atoms with Gasteiger partial charge in [-0.25, -0.2) is 0 Å². The third-order valence-electron chi connectivity index (χ3n) is 4.81. The number of benzene rings is 3. The van der Waals surface area contributed by atoms with Gasteiger partial charge in [-0.05, 0) is 30.3 Å². The molecular formula is C22H12F12N2O2. The van der Waals surface area contributed by atoms with Gasteiger partial charge in [0.1, 0.15) is 23.0 Å². The summed E-state index contributed by atoms with van der Waals surface area (Å²) in [7, 11) is 0. The Kier molecular flexibility index (Phi) is 7.07. The summed E-state index contributed by atoms with van der Waals surface area (Å²) in [5.41, 5.74) is 1.96.